The van der Waals surface area contributed by atoms with Gasteiger partial charge in [0.1, 0.15) is 22.9 Å². The predicted octanol–water partition coefficient (Wildman–Crippen LogP) is 2.00. The number of pyridine rings is 1. The van der Waals surface area contributed by atoms with E-state index in [0.29, 0.717) is 61.6 Å². The first kappa shape index (κ1) is 25.3. The van der Waals surface area contributed by atoms with Crippen LogP contribution in [0.1, 0.15) is 23.7 Å². The standard InChI is InChI=1S/C27H32N6O4S/c1-18-15-36-11-10-33(18)24-21-6-7-22(19-4-3-5-20(14-19)25(34)28-2)29-23(21)30-26(31-24)32-9-12-37-27(16-32)8-13-38(35)17-27/h3-7,14,18H,8-13,15-17H2,1-2H3,(H,28,34)/t18-,27?,38?/m0/s1. The maximum atomic E-state index is 12.2. The number of amides is 1. The molecule has 2 unspecified atom stereocenters. The fourth-order valence-electron chi connectivity index (χ4n) is 5.50. The summed E-state index contributed by atoms with van der Waals surface area (Å²) in [5.41, 5.74) is 2.34. The Hall–Kier alpha value is -2.99. The smallest absolute Gasteiger partial charge is 0.251 e. The Bertz CT molecular complexity index is 1350. The Labute approximate surface area is 224 Å². The lowest BCUT2D eigenvalue weighted by molar-refractivity contribution is -0.0364. The van der Waals surface area contributed by atoms with Crippen molar-refractivity contribution in [3.05, 3.63) is 42.0 Å². The summed E-state index contributed by atoms with van der Waals surface area (Å²) >= 11 is -0.852. The summed E-state index contributed by atoms with van der Waals surface area (Å²) in [6.07, 6.45) is 0.779. The maximum absolute atomic E-state index is 12.2. The number of aromatic nitrogens is 3. The molecule has 1 aromatic carbocycles. The first-order valence-electron chi connectivity index (χ1n) is 13.0. The van der Waals surface area contributed by atoms with Crippen LogP contribution in [0.25, 0.3) is 22.3 Å². The zero-order chi connectivity index (χ0) is 26.3. The minimum atomic E-state index is -0.852. The van der Waals surface area contributed by atoms with E-state index in [1.54, 1.807) is 13.1 Å². The minimum Gasteiger partial charge on any atom is -0.616 e. The molecule has 3 fully saturated rings. The number of benzene rings is 1. The first-order chi connectivity index (χ1) is 18.4. The van der Waals surface area contributed by atoms with E-state index in [1.165, 1.54) is 0 Å². The second-order valence-electron chi connectivity index (χ2n) is 10.2. The van der Waals surface area contributed by atoms with E-state index in [2.05, 4.69) is 22.0 Å². The van der Waals surface area contributed by atoms with Gasteiger partial charge in [0.05, 0.1) is 43.5 Å². The molecule has 3 atom stereocenters. The molecular formula is C27H32N6O4S. The van der Waals surface area contributed by atoms with Crippen molar-refractivity contribution in [3.63, 3.8) is 0 Å². The third kappa shape index (κ3) is 4.79. The number of ether oxygens (including phenoxy) is 2. The zero-order valence-electron chi connectivity index (χ0n) is 21.7. The highest BCUT2D eigenvalue weighted by Gasteiger charge is 2.47. The van der Waals surface area contributed by atoms with E-state index in [0.717, 1.165) is 35.4 Å². The molecule has 3 saturated heterocycles. The first-order valence-corrected chi connectivity index (χ1v) is 14.5. The van der Waals surface area contributed by atoms with E-state index >= 15 is 0 Å². The van der Waals surface area contributed by atoms with Gasteiger partial charge in [0, 0.05) is 37.7 Å². The van der Waals surface area contributed by atoms with Crippen molar-refractivity contribution in [2.24, 2.45) is 0 Å². The molecule has 3 aliphatic rings. The fraction of sp³-hybridized carbons (Fsp3) is 0.481. The third-order valence-electron chi connectivity index (χ3n) is 7.56. The highest BCUT2D eigenvalue weighted by molar-refractivity contribution is 7.91. The molecule has 0 aliphatic carbocycles. The molecule has 3 aliphatic heterocycles. The Morgan fingerprint density at radius 3 is 2.87 bits per heavy atom. The third-order valence-corrected chi connectivity index (χ3v) is 9.06. The van der Waals surface area contributed by atoms with Gasteiger partial charge < -0.3 is 29.1 Å². The molecular weight excluding hydrogens is 504 g/mol. The summed E-state index contributed by atoms with van der Waals surface area (Å²) in [4.78, 5) is 31.6. The van der Waals surface area contributed by atoms with Crippen LogP contribution in [0, 0.1) is 0 Å². The highest BCUT2D eigenvalue weighted by atomic mass is 32.2. The molecule has 38 heavy (non-hydrogen) atoms. The van der Waals surface area contributed by atoms with Gasteiger partial charge in [-0.2, -0.15) is 9.97 Å². The van der Waals surface area contributed by atoms with Crippen molar-refractivity contribution >= 4 is 39.9 Å². The molecule has 1 N–H and O–H groups in total. The van der Waals surface area contributed by atoms with E-state index in [1.807, 2.05) is 30.3 Å². The summed E-state index contributed by atoms with van der Waals surface area (Å²) in [5.74, 6) is 2.53. The number of hydrogen-bond acceptors (Lipinski definition) is 9. The van der Waals surface area contributed by atoms with Gasteiger partial charge in [-0.15, -0.1) is 0 Å². The molecule has 2 aromatic heterocycles. The van der Waals surface area contributed by atoms with Crippen LogP contribution in [0.4, 0.5) is 11.8 Å². The number of rotatable bonds is 4. The largest absolute Gasteiger partial charge is 0.616 e. The van der Waals surface area contributed by atoms with Crippen LogP contribution in [-0.4, -0.2) is 95.1 Å². The molecule has 0 saturated carbocycles. The average Bonchev–Trinajstić information content (AvgIpc) is 3.30. The molecule has 3 aromatic rings. The van der Waals surface area contributed by atoms with Crippen LogP contribution in [0.15, 0.2) is 36.4 Å². The lowest BCUT2D eigenvalue weighted by Gasteiger charge is -2.39. The molecule has 1 spiro atoms. The summed E-state index contributed by atoms with van der Waals surface area (Å²) in [7, 11) is 1.62. The van der Waals surface area contributed by atoms with Crippen LogP contribution in [0.5, 0.6) is 0 Å². The second kappa shape index (κ2) is 10.3. The van der Waals surface area contributed by atoms with Crippen LogP contribution in [0.2, 0.25) is 0 Å². The van der Waals surface area contributed by atoms with Gasteiger partial charge in [-0.3, -0.25) is 4.79 Å². The number of fused-ring (bicyclic) bond motifs is 1. The van der Waals surface area contributed by atoms with Crippen LogP contribution in [-0.2, 0) is 20.6 Å². The summed E-state index contributed by atoms with van der Waals surface area (Å²) < 4.78 is 24.1. The van der Waals surface area contributed by atoms with Gasteiger partial charge in [0.15, 0.2) is 5.65 Å². The summed E-state index contributed by atoms with van der Waals surface area (Å²) in [5, 5.41) is 3.55. The van der Waals surface area contributed by atoms with Gasteiger partial charge in [0.25, 0.3) is 5.91 Å². The van der Waals surface area contributed by atoms with E-state index in [-0.39, 0.29) is 11.9 Å². The van der Waals surface area contributed by atoms with Crippen LogP contribution in [0.3, 0.4) is 0 Å². The van der Waals surface area contributed by atoms with Crippen molar-refractivity contribution in [1.29, 1.82) is 0 Å². The topological polar surface area (TPSA) is 116 Å². The molecule has 10 nitrogen and oxygen atoms in total. The van der Waals surface area contributed by atoms with Gasteiger partial charge in [0.2, 0.25) is 5.95 Å². The predicted molar refractivity (Wildman–Crippen MR) is 147 cm³/mol. The SMILES string of the molecule is CNC(=O)c1cccc(-c2ccc3c(N4CCOC[C@@H]4C)nc(N4CCOC5(CC[S+]([O-])C5)C4)nc3n2)c1. The molecule has 200 valence electrons. The lowest BCUT2D eigenvalue weighted by atomic mass is 10.0. The number of nitrogens with one attached hydrogen (secondary N) is 1. The fourth-order valence-corrected chi connectivity index (χ4v) is 7.15. The lowest BCUT2D eigenvalue weighted by Crippen LogP contribution is -2.53. The Morgan fingerprint density at radius 2 is 2.08 bits per heavy atom. The number of carbonyl (C=O) groups excluding carboxylic acids is 1. The quantitative estimate of drug-likeness (QED) is 0.500. The van der Waals surface area contributed by atoms with Crippen molar-refractivity contribution in [2.75, 3.05) is 67.8 Å². The van der Waals surface area contributed by atoms with Gasteiger partial charge in [-0.1, -0.05) is 23.3 Å². The average molecular weight is 537 g/mol. The van der Waals surface area contributed by atoms with Crippen LogP contribution < -0.4 is 15.1 Å². The summed E-state index contributed by atoms with van der Waals surface area (Å²) in [6, 6.07) is 11.6. The zero-order valence-corrected chi connectivity index (χ0v) is 22.5. The van der Waals surface area contributed by atoms with E-state index in [9.17, 15) is 9.35 Å². The van der Waals surface area contributed by atoms with Gasteiger partial charge >= 0.3 is 0 Å². The van der Waals surface area contributed by atoms with Gasteiger partial charge in [-0.25, -0.2) is 4.98 Å². The normalized spacial score (nSPS) is 25.8. The molecule has 0 bridgehead atoms. The number of anilines is 2. The van der Waals surface area contributed by atoms with Crippen molar-refractivity contribution in [1.82, 2.24) is 20.3 Å². The van der Waals surface area contributed by atoms with Gasteiger partial charge in [-0.05, 0) is 31.2 Å². The molecule has 6 rings (SSSR count). The van der Waals surface area contributed by atoms with E-state index in [4.69, 9.17) is 24.4 Å². The van der Waals surface area contributed by atoms with Crippen molar-refractivity contribution in [2.45, 2.75) is 25.0 Å². The number of morpholine rings is 2. The monoisotopic (exact) mass is 536 g/mol. The van der Waals surface area contributed by atoms with Crippen molar-refractivity contribution in [3.8, 4) is 11.3 Å². The van der Waals surface area contributed by atoms with Crippen molar-refractivity contribution < 1.29 is 18.8 Å². The molecule has 1 amide bonds. The highest BCUT2D eigenvalue weighted by Crippen LogP contribution is 2.35. The summed E-state index contributed by atoms with van der Waals surface area (Å²) in [6.45, 7) is 5.94. The number of carbonyl (C=O) groups is 1. The number of nitrogens with zero attached hydrogens (tertiary/aromatic N) is 5. The molecule has 11 heteroatoms. The Morgan fingerprint density at radius 1 is 1.18 bits per heavy atom. The molecule has 0 radical (unpaired) electrons. The second-order valence-corrected chi connectivity index (χ2v) is 11.8. The van der Waals surface area contributed by atoms with E-state index < -0.39 is 16.8 Å². The molecule has 5 heterocycles. The Kier molecular flexibility index (Phi) is 6.85. The minimum absolute atomic E-state index is 0.144. The Balaban J connectivity index is 1.43. The number of hydrogen-bond donors (Lipinski definition) is 1. The maximum Gasteiger partial charge on any atom is 0.251 e. The van der Waals surface area contributed by atoms with Crippen LogP contribution >= 0.6 is 0 Å².